The van der Waals surface area contributed by atoms with Gasteiger partial charge in [-0.1, -0.05) is 62.7 Å². The molecule has 0 radical (unpaired) electrons. The van der Waals surface area contributed by atoms with E-state index in [9.17, 15) is 4.79 Å². The van der Waals surface area contributed by atoms with Crippen LogP contribution in [-0.2, 0) is 5.41 Å². The van der Waals surface area contributed by atoms with Crippen molar-refractivity contribution in [2.45, 2.75) is 39.2 Å². The van der Waals surface area contributed by atoms with Crippen LogP contribution < -0.4 is 10.6 Å². The summed E-state index contributed by atoms with van der Waals surface area (Å²) >= 11 is 5.91. The van der Waals surface area contributed by atoms with E-state index in [0.717, 1.165) is 5.56 Å². The maximum absolute atomic E-state index is 12.1. The van der Waals surface area contributed by atoms with E-state index in [1.54, 1.807) is 24.3 Å². The summed E-state index contributed by atoms with van der Waals surface area (Å²) in [6, 6.07) is 15.1. The Balaban J connectivity index is 1.98. The van der Waals surface area contributed by atoms with Gasteiger partial charge in [-0.2, -0.15) is 0 Å². The third kappa shape index (κ3) is 5.00. The summed E-state index contributed by atoms with van der Waals surface area (Å²) in [6.45, 7) is 8.51. The molecule has 0 saturated carbocycles. The molecule has 23 heavy (non-hydrogen) atoms. The van der Waals surface area contributed by atoms with Crippen LogP contribution in [0.4, 0.5) is 10.5 Å². The van der Waals surface area contributed by atoms with Crippen molar-refractivity contribution in [2.24, 2.45) is 0 Å². The van der Waals surface area contributed by atoms with E-state index in [0.29, 0.717) is 10.7 Å². The highest BCUT2D eigenvalue weighted by molar-refractivity contribution is 6.30. The van der Waals surface area contributed by atoms with Crippen molar-refractivity contribution >= 4 is 23.3 Å². The zero-order chi connectivity index (χ0) is 17.0. The van der Waals surface area contributed by atoms with Crippen LogP contribution in [0.3, 0.4) is 0 Å². The fourth-order valence-corrected chi connectivity index (χ4v) is 2.48. The lowest BCUT2D eigenvalue weighted by Crippen LogP contribution is -2.31. The first-order valence-corrected chi connectivity index (χ1v) is 8.07. The molecule has 3 nitrogen and oxygen atoms in total. The van der Waals surface area contributed by atoms with Crippen LogP contribution >= 0.6 is 11.6 Å². The fourth-order valence-electron chi connectivity index (χ4n) is 2.29. The van der Waals surface area contributed by atoms with Crippen molar-refractivity contribution in [1.29, 1.82) is 0 Å². The minimum Gasteiger partial charge on any atom is -0.331 e. The van der Waals surface area contributed by atoms with Gasteiger partial charge in [0.2, 0.25) is 0 Å². The largest absolute Gasteiger partial charge is 0.331 e. The Hall–Kier alpha value is -2.00. The number of carbonyl (C=O) groups is 1. The second-order valence-corrected chi connectivity index (χ2v) is 7.14. The molecular weight excluding hydrogens is 308 g/mol. The molecule has 0 aliphatic carbocycles. The third-order valence-electron chi connectivity index (χ3n) is 3.71. The highest BCUT2D eigenvalue weighted by Gasteiger charge is 2.15. The normalized spacial score (nSPS) is 12.6. The molecule has 1 atom stereocenters. The molecule has 0 aromatic heterocycles. The van der Waals surface area contributed by atoms with E-state index in [4.69, 9.17) is 11.6 Å². The van der Waals surface area contributed by atoms with Crippen molar-refractivity contribution in [3.05, 3.63) is 64.7 Å². The first-order valence-electron chi connectivity index (χ1n) is 7.69. The maximum atomic E-state index is 12.1. The van der Waals surface area contributed by atoms with E-state index < -0.39 is 0 Å². The Morgan fingerprint density at radius 2 is 1.74 bits per heavy atom. The number of hydrogen-bond acceptors (Lipinski definition) is 1. The molecule has 2 aromatic rings. The van der Waals surface area contributed by atoms with Crippen molar-refractivity contribution in [1.82, 2.24) is 5.32 Å². The second kappa shape index (κ2) is 7.05. The lowest BCUT2D eigenvalue weighted by molar-refractivity contribution is 0.249. The fraction of sp³-hybridized carbons (Fsp3) is 0.316. The number of rotatable bonds is 3. The molecule has 122 valence electrons. The monoisotopic (exact) mass is 330 g/mol. The summed E-state index contributed by atoms with van der Waals surface area (Å²) in [5, 5.41) is 6.31. The van der Waals surface area contributed by atoms with Gasteiger partial charge in [0.15, 0.2) is 0 Å². The zero-order valence-corrected chi connectivity index (χ0v) is 14.7. The summed E-state index contributed by atoms with van der Waals surface area (Å²) in [5.74, 6) is 0. The van der Waals surface area contributed by atoms with Crippen molar-refractivity contribution < 1.29 is 4.79 Å². The Morgan fingerprint density at radius 3 is 2.30 bits per heavy atom. The molecule has 0 bridgehead atoms. The molecule has 2 N–H and O–H groups in total. The first kappa shape index (κ1) is 17.4. The lowest BCUT2D eigenvalue weighted by atomic mass is 9.86. The van der Waals surface area contributed by atoms with E-state index in [-0.39, 0.29) is 17.5 Å². The standard InChI is InChI=1S/C19H23ClN2O/c1-13(14-8-10-15(11-9-14)19(2,3)4)21-18(23)22-17-7-5-6-16(20)12-17/h5-13H,1-4H3,(H2,21,22,23)/t13-/m0/s1. The molecule has 0 heterocycles. The van der Waals surface area contributed by atoms with Gasteiger partial charge in [0.25, 0.3) is 0 Å². The molecule has 2 aromatic carbocycles. The van der Waals surface area contributed by atoms with Crippen LogP contribution in [-0.4, -0.2) is 6.03 Å². The number of hydrogen-bond donors (Lipinski definition) is 2. The average Bonchev–Trinajstić information content (AvgIpc) is 2.46. The molecule has 0 fully saturated rings. The summed E-state index contributed by atoms with van der Waals surface area (Å²) in [6.07, 6.45) is 0. The van der Waals surface area contributed by atoms with Gasteiger partial charge >= 0.3 is 6.03 Å². The van der Waals surface area contributed by atoms with Gasteiger partial charge in [0.1, 0.15) is 0 Å². The summed E-state index contributed by atoms with van der Waals surface area (Å²) in [7, 11) is 0. The number of urea groups is 1. The maximum Gasteiger partial charge on any atom is 0.319 e. The van der Waals surface area contributed by atoms with Crippen LogP contribution in [0.1, 0.15) is 44.9 Å². The quantitative estimate of drug-likeness (QED) is 0.764. The summed E-state index contributed by atoms with van der Waals surface area (Å²) in [5.41, 5.74) is 3.14. The lowest BCUT2D eigenvalue weighted by Gasteiger charge is -2.21. The highest BCUT2D eigenvalue weighted by Crippen LogP contribution is 2.24. The molecule has 0 unspecified atom stereocenters. The number of anilines is 1. The predicted molar refractivity (Wildman–Crippen MR) is 97.2 cm³/mol. The molecule has 0 spiro atoms. The van der Waals surface area contributed by atoms with Gasteiger partial charge in [-0.05, 0) is 41.7 Å². The van der Waals surface area contributed by atoms with E-state index in [1.165, 1.54) is 5.56 Å². The molecule has 2 rings (SSSR count). The van der Waals surface area contributed by atoms with Crippen LogP contribution in [0.25, 0.3) is 0 Å². The average molecular weight is 331 g/mol. The zero-order valence-electron chi connectivity index (χ0n) is 14.0. The number of benzene rings is 2. The third-order valence-corrected chi connectivity index (χ3v) is 3.94. The number of amides is 2. The first-order chi connectivity index (χ1) is 10.8. The van der Waals surface area contributed by atoms with Crippen molar-refractivity contribution in [2.75, 3.05) is 5.32 Å². The summed E-state index contributed by atoms with van der Waals surface area (Å²) in [4.78, 5) is 12.1. The Bertz CT molecular complexity index is 675. The van der Waals surface area contributed by atoms with Crippen molar-refractivity contribution in [3.8, 4) is 0 Å². The van der Waals surface area contributed by atoms with Crippen LogP contribution in [0.15, 0.2) is 48.5 Å². The van der Waals surface area contributed by atoms with Crippen LogP contribution in [0.2, 0.25) is 5.02 Å². The minimum absolute atomic E-state index is 0.0804. The van der Waals surface area contributed by atoms with E-state index >= 15 is 0 Å². The molecule has 0 saturated heterocycles. The molecule has 0 aliphatic heterocycles. The topological polar surface area (TPSA) is 41.1 Å². The van der Waals surface area contributed by atoms with Gasteiger partial charge in [0.05, 0.1) is 6.04 Å². The Labute approximate surface area is 143 Å². The van der Waals surface area contributed by atoms with E-state index in [2.05, 4.69) is 55.7 Å². The molecular formula is C19H23ClN2O. The van der Waals surface area contributed by atoms with Crippen LogP contribution in [0.5, 0.6) is 0 Å². The molecule has 2 amide bonds. The number of carbonyl (C=O) groups excluding carboxylic acids is 1. The highest BCUT2D eigenvalue weighted by atomic mass is 35.5. The van der Waals surface area contributed by atoms with Crippen LogP contribution in [0, 0.1) is 0 Å². The van der Waals surface area contributed by atoms with Crippen molar-refractivity contribution in [3.63, 3.8) is 0 Å². The number of halogens is 1. The second-order valence-electron chi connectivity index (χ2n) is 6.70. The van der Waals surface area contributed by atoms with Gasteiger partial charge in [0, 0.05) is 10.7 Å². The molecule has 4 heteroatoms. The Morgan fingerprint density at radius 1 is 1.09 bits per heavy atom. The minimum atomic E-state index is -0.250. The van der Waals surface area contributed by atoms with E-state index in [1.807, 2.05) is 6.92 Å². The van der Waals surface area contributed by atoms with Gasteiger partial charge < -0.3 is 10.6 Å². The Kier molecular flexibility index (Phi) is 5.32. The smallest absolute Gasteiger partial charge is 0.319 e. The SMILES string of the molecule is C[C@H](NC(=O)Nc1cccc(Cl)c1)c1ccc(C(C)(C)C)cc1. The van der Waals surface area contributed by atoms with Gasteiger partial charge in [-0.25, -0.2) is 4.79 Å². The van der Waals surface area contributed by atoms with Gasteiger partial charge in [-0.3, -0.25) is 0 Å². The summed E-state index contributed by atoms with van der Waals surface area (Å²) < 4.78 is 0. The number of nitrogens with one attached hydrogen (secondary N) is 2. The molecule has 0 aliphatic rings. The van der Waals surface area contributed by atoms with Gasteiger partial charge in [-0.15, -0.1) is 0 Å². The predicted octanol–water partition coefficient (Wildman–Crippen LogP) is 5.52.